The van der Waals surface area contributed by atoms with Crippen LogP contribution in [0.1, 0.15) is 18.9 Å². The van der Waals surface area contributed by atoms with Crippen LogP contribution in [0, 0.1) is 10.1 Å². The van der Waals surface area contributed by atoms with Crippen LogP contribution in [-0.2, 0) is 11.3 Å². The van der Waals surface area contributed by atoms with Gasteiger partial charge in [-0.25, -0.2) is 4.79 Å². The predicted molar refractivity (Wildman–Crippen MR) is 123 cm³/mol. The molecular weight excluding hydrogens is 430 g/mol. The molecule has 0 saturated heterocycles. The lowest BCUT2D eigenvalue weighted by Gasteiger charge is -2.24. The van der Waals surface area contributed by atoms with Crippen molar-refractivity contribution in [2.45, 2.75) is 19.9 Å². The first-order valence-electron chi connectivity index (χ1n) is 10.2. The van der Waals surface area contributed by atoms with Crippen molar-refractivity contribution in [1.82, 2.24) is 9.55 Å². The summed E-state index contributed by atoms with van der Waals surface area (Å²) < 4.78 is 6.64. The van der Waals surface area contributed by atoms with Crippen molar-refractivity contribution < 1.29 is 14.5 Å². The lowest BCUT2D eigenvalue weighted by molar-refractivity contribution is -0.384. The van der Waals surface area contributed by atoms with Gasteiger partial charge >= 0.3 is 5.69 Å². The van der Waals surface area contributed by atoms with Gasteiger partial charge in [0.05, 0.1) is 11.5 Å². The van der Waals surface area contributed by atoms with Gasteiger partial charge in [-0.15, -0.1) is 0 Å². The molecule has 0 fully saturated rings. The average molecular weight is 453 g/mol. The van der Waals surface area contributed by atoms with E-state index in [4.69, 9.17) is 10.5 Å². The molecule has 3 rings (SSSR count). The summed E-state index contributed by atoms with van der Waals surface area (Å²) in [5.41, 5.74) is 5.28. The highest BCUT2D eigenvalue weighted by Crippen LogP contribution is 2.20. The summed E-state index contributed by atoms with van der Waals surface area (Å²) >= 11 is 0. The Morgan fingerprint density at radius 1 is 1.15 bits per heavy atom. The number of non-ortho nitro benzene ring substituents is 1. The maximum atomic E-state index is 12.9. The van der Waals surface area contributed by atoms with Crippen LogP contribution in [0.4, 0.5) is 17.2 Å². The fourth-order valence-electron chi connectivity index (χ4n) is 3.23. The summed E-state index contributed by atoms with van der Waals surface area (Å²) in [7, 11) is 0. The summed E-state index contributed by atoms with van der Waals surface area (Å²) in [4.78, 5) is 51.6. The number of aromatic nitrogens is 2. The number of benzene rings is 2. The molecule has 1 aromatic heterocycles. The maximum absolute atomic E-state index is 12.9. The zero-order valence-electron chi connectivity index (χ0n) is 17.9. The third-order valence-corrected chi connectivity index (χ3v) is 4.83. The van der Waals surface area contributed by atoms with Crippen molar-refractivity contribution in [3.05, 3.63) is 91.1 Å². The van der Waals surface area contributed by atoms with Crippen LogP contribution in [0.2, 0.25) is 0 Å². The lowest BCUT2D eigenvalue weighted by Crippen LogP contribution is -2.43. The quantitative estimate of drug-likeness (QED) is 0.370. The van der Waals surface area contributed by atoms with Crippen LogP contribution in [0.15, 0.2) is 64.2 Å². The number of anilines is 2. The molecule has 0 aliphatic heterocycles. The number of hydrogen-bond acceptors (Lipinski definition) is 7. The van der Waals surface area contributed by atoms with Crippen molar-refractivity contribution in [1.29, 1.82) is 0 Å². The van der Waals surface area contributed by atoms with Gasteiger partial charge in [0.1, 0.15) is 11.6 Å². The summed E-state index contributed by atoms with van der Waals surface area (Å²) in [5.74, 6) is -0.441. The fourth-order valence-corrected chi connectivity index (χ4v) is 3.23. The number of nitro benzene ring substituents is 1. The van der Waals surface area contributed by atoms with Crippen LogP contribution < -0.4 is 26.6 Å². The van der Waals surface area contributed by atoms with Gasteiger partial charge in [0.25, 0.3) is 17.2 Å². The predicted octanol–water partition coefficient (Wildman–Crippen LogP) is 1.90. The molecule has 11 nitrogen and oxygen atoms in total. The number of nitro groups is 1. The molecule has 0 saturated carbocycles. The lowest BCUT2D eigenvalue weighted by atomic mass is 10.2. The van der Waals surface area contributed by atoms with Crippen molar-refractivity contribution >= 4 is 23.1 Å². The second kappa shape index (κ2) is 10.3. The number of hydrogen-bond donors (Lipinski definition) is 2. The number of carbonyl (C=O) groups excluding carboxylic acids is 1. The number of nitrogen functional groups attached to an aromatic ring is 1. The number of nitrogens with zero attached hydrogens (tertiary/aromatic N) is 3. The summed E-state index contributed by atoms with van der Waals surface area (Å²) in [6, 6.07) is 14.3. The molecule has 3 aromatic rings. The second-order valence-corrected chi connectivity index (χ2v) is 7.15. The van der Waals surface area contributed by atoms with E-state index in [9.17, 15) is 24.5 Å². The van der Waals surface area contributed by atoms with Gasteiger partial charge < -0.3 is 15.4 Å². The van der Waals surface area contributed by atoms with Crippen molar-refractivity contribution in [2.75, 3.05) is 23.8 Å². The van der Waals surface area contributed by atoms with E-state index < -0.39 is 28.7 Å². The smallest absolute Gasteiger partial charge is 0.330 e. The van der Waals surface area contributed by atoms with E-state index in [-0.39, 0.29) is 36.0 Å². The molecule has 0 spiro atoms. The second-order valence-electron chi connectivity index (χ2n) is 7.15. The first kappa shape index (κ1) is 23.3. The number of nitrogens with two attached hydrogens (primary N) is 1. The normalized spacial score (nSPS) is 10.6. The van der Waals surface area contributed by atoms with Gasteiger partial charge in [-0.2, -0.15) is 0 Å². The highest BCUT2D eigenvalue weighted by Gasteiger charge is 2.24. The van der Waals surface area contributed by atoms with E-state index >= 15 is 0 Å². The molecule has 0 aliphatic rings. The molecule has 0 unspecified atom stereocenters. The zero-order chi connectivity index (χ0) is 24.0. The first-order valence-corrected chi connectivity index (χ1v) is 10.2. The first-order chi connectivity index (χ1) is 15.8. The minimum absolute atomic E-state index is 0.110. The molecular formula is C22H23N5O6. The van der Waals surface area contributed by atoms with E-state index in [1.165, 1.54) is 33.7 Å². The number of ether oxygens (including phenoxy) is 1. The Morgan fingerprint density at radius 2 is 1.82 bits per heavy atom. The number of aromatic amines is 1. The molecule has 0 bridgehead atoms. The third-order valence-electron chi connectivity index (χ3n) is 4.83. The van der Waals surface area contributed by atoms with E-state index in [2.05, 4.69) is 4.98 Å². The standard InChI is InChI=1S/C22H23N5O6/c1-2-12-25(18(28)14-33-17-10-8-16(9-11-17)27(31)32)19-20(23)26(22(30)24-21(19)29)13-15-6-4-3-5-7-15/h3-11H,2,12-14,23H2,1H3,(H,24,29,30). The Bertz CT molecular complexity index is 1250. The van der Waals surface area contributed by atoms with Gasteiger partial charge in [0, 0.05) is 18.7 Å². The van der Waals surface area contributed by atoms with Crippen LogP contribution in [0.3, 0.4) is 0 Å². The number of amides is 1. The van der Waals surface area contributed by atoms with Crippen LogP contribution in [-0.4, -0.2) is 33.5 Å². The Labute approximate surface area is 188 Å². The highest BCUT2D eigenvalue weighted by molar-refractivity contribution is 5.96. The zero-order valence-corrected chi connectivity index (χ0v) is 17.9. The Kier molecular flexibility index (Phi) is 7.24. The third kappa shape index (κ3) is 5.45. The van der Waals surface area contributed by atoms with Crippen LogP contribution in [0.25, 0.3) is 0 Å². The van der Waals surface area contributed by atoms with Gasteiger partial charge in [-0.3, -0.25) is 29.3 Å². The Morgan fingerprint density at radius 3 is 2.42 bits per heavy atom. The maximum Gasteiger partial charge on any atom is 0.330 e. The number of nitrogens with one attached hydrogen (secondary N) is 1. The molecule has 3 N–H and O–H groups in total. The number of carbonyl (C=O) groups is 1. The van der Waals surface area contributed by atoms with Crippen molar-refractivity contribution in [2.24, 2.45) is 0 Å². The molecule has 0 aliphatic carbocycles. The number of H-pyrrole nitrogens is 1. The van der Waals surface area contributed by atoms with Crippen LogP contribution in [0.5, 0.6) is 5.75 Å². The number of rotatable bonds is 9. The fraction of sp³-hybridized carbons (Fsp3) is 0.227. The largest absolute Gasteiger partial charge is 0.484 e. The van der Waals surface area contributed by atoms with Crippen LogP contribution >= 0.6 is 0 Å². The average Bonchev–Trinajstić information content (AvgIpc) is 2.80. The molecule has 0 radical (unpaired) electrons. The minimum atomic E-state index is -0.779. The van der Waals surface area contributed by atoms with E-state index in [1.807, 2.05) is 37.3 Å². The monoisotopic (exact) mass is 453 g/mol. The van der Waals surface area contributed by atoms with E-state index in [1.54, 1.807) is 0 Å². The Balaban J connectivity index is 1.87. The van der Waals surface area contributed by atoms with Gasteiger partial charge in [-0.05, 0) is 24.1 Å². The topological polar surface area (TPSA) is 154 Å². The van der Waals surface area contributed by atoms with Crippen molar-refractivity contribution in [3.63, 3.8) is 0 Å². The molecule has 1 heterocycles. The molecule has 1 amide bonds. The van der Waals surface area contributed by atoms with Gasteiger partial charge in [0.15, 0.2) is 12.3 Å². The minimum Gasteiger partial charge on any atom is -0.484 e. The van der Waals surface area contributed by atoms with E-state index in [0.29, 0.717) is 6.42 Å². The summed E-state index contributed by atoms with van der Waals surface area (Å²) in [6.07, 6.45) is 0.514. The van der Waals surface area contributed by atoms with Gasteiger partial charge in [0.2, 0.25) is 0 Å². The van der Waals surface area contributed by atoms with Crippen molar-refractivity contribution in [3.8, 4) is 5.75 Å². The molecule has 0 atom stereocenters. The van der Waals surface area contributed by atoms with Gasteiger partial charge in [-0.1, -0.05) is 37.3 Å². The molecule has 2 aromatic carbocycles. The molecule has 11 heteroatoms. The molecule has 33 heavy (non-hydrogen) atoms. The summed E-state index contributed by atoms with van der Waals surface area (Å²) in [6.45, 7) is 1.67. The van der Waals surface area contributed by atoms with E-state index in [0.717, 1.165) is 5.56 Å². The molecule has 172 valence electrons. The SMILES string of the molecule is CCCN(C(=O)COc1ccc([N+](=O)[O-])cc1)c1c(N)n(Cc2ccccc2)c(=O)[nH]c1=O. The Hall–Kier alpha value is -4.41. The summed E-state index contributed by atoms with van der Waals surface area (Å²) in [5, 5.41) is 10.8. The highest BCUT2D eigenvalue weighted by atomic mass is 16.6.